The van der Waals surface area contributed by atoms with Crippen LogP contribution in [0.3, 0.4) is 0 Å². The number of sulfonamides is 1. The molecule has 0 radical (unpaired) electrons. The number of halogens is 3. The third-order valence-electron chi connectivity index (χ3n) is 3.03. The molecular formula is C15H13ClF2N2O3S. The molecule has 0 fully saturated rings. The van der Waals surface area contributed by atoms with Gasteiger partial charge in [-0.2, -0.15) is 0 Å². The molecule has 1 amide bonds. The minimum absolute atomic E-state index is 0.200. The Labute approximate surface area is 142 Å². The Morgan fingerprint density at radius 3 is 2.17 bits per heavy atom. The van der Waals surface area contributed by atoms with Crippen molar-refractivity contribution in [2.75, 3.05) is 22.4 Å². The van der Waals surface area contributed by atoms with Crippen molar-refractivity contribution in [2.24, 2.45) is 0 Å². The van der Waals surface area contributed by atoms with Gasteiger partial charge in [-0.15, -0.1) is 0 Å². The van der Waals surface area contributed by atoms with Crippen LogP contribution in [0.4, 0.5) is 20.2 Å². The Hall–Kier alpha value is -2.19. The van der Waals surface area contributed by atoms with Gasteiger partial charge in [0.1, 0.15) is 23.9 Å². The number of nitrogens with one attached hydrogen (secondary N) is 1. The van der Waals surface area contributed by atoms with E-state index >= 15 is 0 Å². The Bertz CT molecular complexity index is 837. The molecule has 0 aromatic heterocycles. The average Bonchev–Trinajstić information content (AvgIpc) is 2.49. The number of para-hydroxylation sites is 1. The summed E-state index contributed by atoms with van der Waals surface area (Å²) in [5.74, 6) is -2.80. The number of hydrogen-bond acceptors (Lipinski definition) is 3. The minimum atomic E-state index is -3.80. The van der Waals surface area contributed by atoms with Gasteiger partial charge in [0.2, 0.25) is 15.9 Å². The van der Waals surface area contributed by atoms with Crippen molar-refractivity contribution in [1.29, 1.82) is 0 Å². The third-order valence-corrected chi connectivity index (χ3v) is 4.42. The Morgan fingerprint density at radius 1 is 1.12 bits per heavy atom. The number of nitrogens with zero attached hydrogens (tertiary/aromatic N) is 1. The molecule has 0 aliphatic carbocycles. The maximum absolute atomic E-state index is 13.5. The summed E-state index contributed by atoms with van der Waals surface area (Å²) >= 11 is 5.75. The number of amides is 1. The van der Waals surface area contributed by atoms with E-state index in [-0.39, 0.29) is 5.69 Å². The summed E-state index contributed by atoms with van der Waals surface area (Å²) in [7, 11) is -3.80. The summed E-state index contributed by atoms with van der Waals surface area (Å²) in [6.07, 6.45) is 0.915. The fourth-order valence-corrected chi connectivity index (χ4v) is 2.92. The number of carbonyl (C=O) groups excluding carboxylic acids is 1. The molecule has 1 N–H and O–H groups in total. The zero-order chi connectivity index (χ0) is 17.9. The number of benzene rings is 2. The second-order valence-corrected chi connectivity index (χ2v) is 7.23. The van der Waals surface area contributed by atoms with E-state index in [1.165, 1.54) is 24.3 Å². The van der Waals surface area contributed by atoms with Gasteiger partial charge in [-0.25, -0.2) is 17.2 Å². The molecule has 0 aliphatic heterocycles. The van der Waals surface area contributed by atoms with Crippen molar-refractivity contribution in [3.05, 3.63) is 59.1 Å². The van der Waals surface area contributed by atoms with Gasteiger partial charge < -0.3 is 5.32 Å². The maximum atomic E-state index is 13.5. The lowest BCUT2D eigenvalue weighted by molar-refractivity contribution is -0.114. The van der Waals surface area contributed by atoms with Crippen LogP contribution in [-0.4, -0.2) is 27.1 Å². The van der Waals surface area contributed by atoms with Crippen LogP contribution in [0.5, 0.6) is 0 Å². The maximum Gasteiger partial charge on any atom is 0.245 e. The van der Waals surface area contributed by atoms with Gasteiger partial charge >= 0.3 is 0 Å². The van der Waals surface area contributed by atoms with E-state index in [4.69, 9.17) is 11.6 Å². The molecule has 0 bridgehead atoms. The van der Waals surface area contributed by atoms with Crippen molar-refractivity contribution >= 4 is 38.9 Å². The van der Waals surface area contributed by atoms with E-state index in [9.17, 15) is 22.0 Å². The number of carbonyl (C=O) groups is 1. The summed E-state index contributed by atoms with van der Waals surface area (Å²) in [5.41, 5.74) is -0.432. The monoisotopic (exact) mass is 374 g/mol. The highest BCUT2D eigenvalue weighted by atomic mass is 35.5. The lowest BCUT2D eigenvalue weighted by Gasteiger charge is -2.22. The predicted octanol–water partition coefficient (Wildman–Crippen LogP) is 3.02. The topological polar surface area (TPSA) is 66.5 Å². The highest BCUT2D eigenvalue weighted by molar-refractivity contribution is 7.92. The first-order valence-corrected chi connectivity index (χ1v) is 8.88. The molecule has 0 heterocycles. The van der Waals surface area contributed by atoms with Crippen molar-refractivity contribution in [1.82, 2.24) is 0 Å². The van der Waals surface area contributed by atoms with Gasteiger partial charge in [-0.05, 0) is 36.4 Å². The molecule has 2 aromatic carbocycles. The summed E-state index contributed by atoms with van der Waals surface area (Å²) in [6.45, 7) is -0.645. The minimum Gasteiger partial charge on any atom is -0.320 e. The zero-order valence-electron chi connectivity index (χ0n) is 12.5. The Morgan fingerprint density at radius 2 is 1.67 bits per heavy atom. The molecule has 0 unspecified atom stereocenters. The van der Waals surface area contributed by atoms with Crippen LogP contribution in [0.25, 0.3) is 0 Å². The van der Waals surface area contributed by atoms with Gasteiger partial charge in [0, 0.05) is 5.02 Å². The number of rotatable bonds is 5. The van der Waals surface area contributed by atoms with Gasteiger partial charge in [-0.1, -0.05) is 17.7 Å². The largest absolute Gasteiger partial charge is 0.320 e. The first-order chi connectivity index (χ1) is 11.2. The average molecular weight is 375 g/mol. The molecule has 0 atom stereocenters. The summed E-state index contributed by atoms with van der Waals surface area (Å²) in [4.78, 5) is 12.0. The lowest BCUT2D eigenvalue weighted by atomic mass is 10.3. The zero-order valence-corrected chi connectivity index (χ0v) is 14.0. The first-order valence-electron chi connectivity index (χ1n) is 6.65. The predicted molar refractivity (Wildman–Crippen MR) is 88.6 cm³/mol. The first kappa shape index (κ1) is 18.2. The second-order valence-electron chi connectivity index (χ2n) is 4.89. The van der Waals surface area contributed by atoms with E-state index in [1.807, 2.05) is 5.32 Å². The summed E-state index contributed by atoms with van der Waals surface area (Å²) < 4.78 is 51.7. The van der Waals surface area contributed by atoms with Crippen LogP contribution in [0.15, 0.2) is 42.5 Å². The van der Waals surface area contributed by atoms with Crippen molar-refractivity contribution in [2.45, 2.75) is 0 Å². The van der Waals surface area contributed by atoms with Gasteiger partial charge in [-0.3, -0.25) is 9.10 Å². The fraction of sp³-hybridized carbons (Fsp3) is 0.133. The molecule has 9 heteroatoms. The van der Waals surface area contributed by atoms with E-state index in [0.717, 1.165) is 28.8 Å². The molecule has 0 saturated heterocycles. The van der Waals surface area contributed by atoms with Crippen molar-refractivity contribution in [3.63, 3.8) is 0 Å². The van der Waals surface area contributed by atoms with Crippen LogP contribution >= 0.6 is 11.6 Å². The normalized spacial score (nSPS) is 11.2. The molecule has 2 rings (SSSR count). The van der Waals surface area contributed by atoms with Crippen LogP contribution in [-0.2, 0) is 14.8 Å². The van der Waals surface area contributed by atoms with Crippen LogP contribution < -0.4 is 9.62 Å². The molecule has 2 aromatic rings. The number of hydrogen-bond donors (Lipinski definition) is 1. The Balaban J connectivity index is 2.24. The quantitative estimate of drug-likeness (QED) is 0.874. The van der Waals surface area contributed by atoms with Crippen LogP contribution in [0.1, 0.15) is 0 Å². The van der Waals surface area contributed by atoms with Crippen molar-refractivity contribution in [3.8, 4) is 0 Å². The van der Waals surface area contributed by atoms with Crippen molar-refractivity contribution < 1.29 is 22.0 Å². The Kier molecular flexibility index (Phi) is 5.40. The molecule has 0 saturated carbocycles. The SMILES string of the molecule is CS(=O)(=O)N(CC(=O)Nc1c(F)cccc1F)c1ccc(Cl)cc1. The van der Waals surface area contributed by atoms with E-state index in [1.54, 1.807) is 0 Å². The second kappa shape index (κ2) is 7.14. The van der Waals surface area contributed by atoms with E-state index in [2.05, 4.69) is 0 Å². The van der Waals surface area contributed by atoms with Crippen LogP contribution in [0.2, 0.25) is 5.02 Å². The molecular weight excluding hydrogens is 362 g/mol. The van der Waals surface area contributed by atoms with Crippen LogP contribution in [0, 0.1) is 11.6 Å². The van der Waals surface area contributed by atoms with E-state index in [0.29, 0.717) is 5.02 Å². The third kappa shape index (κ3) is 4.42. The summed E-state index contributed by atoms with van der Waals surface area (Å²) in [6, 6.07) is 8.86. The summed E-state index contributed by atoms with van der Waals surface area (Å²) in [5, 5.41) is 2.43. The molecule has 24 heavy (non-hydrogen) atoms. The molecule has 0 aliphatic rings. The fourth-order valence-electron chi connectivity index (χ4n) is 1.93. The van der Waals surface area contributed by atoms with Gasteiger partial charge in [0.25, 0.3) is 0 Å². The highest BCUT2D eigenvalue weighted by Gasteiger charge is 2.22. The smallest absolute Gasteiger partial charge is 0.245 e. The van der Waals surface area contributed by atoms with E-state index < -0.39 is 39.8 Å². The highest BCUT2D eigenvalue weighted by Crippen LogP contribution is 2.21. The number of anilines is 2. The lowest BCUT2D eigenvalue weighted by Crippen LogP contribution is -2.37. The van der Waals surface area contributed by atoms with Gasteiger partial charge in [0.05, 0.1) is 11.9 Å². The standard InChI is InChI=1S/C15H13ClF2N2O3S/c1-24(22,23)20(11-7-5-10(16)6-8-11)9-14(21)19-15-12(17)3-2-4-13(15)18/h2-8H,9H2,1H3,(H,19,21). The molecule has 5 nitrogen and oxygen atoms in total. The molecule has 128 valence electrons. The molecule has 0 spiro atoms. The van der Waals surface area contributed by atoms with Gasteiger partial charge in [0.15, 0.2) is 0 Å².